The molecule has 1 fully saturated rings. The Morgan fingerprint density at radius 2 is 1.64 bits per heavy atom. The minimum absolute atomic E-state index is 0.0921. The molecule has 0 saturated carbocycles. The number of nitrogens with zero attached hydrogens (tertiary/aromatic N) is 1. The highest BCUT2D eigenvalue weighted by Gasteiger charge is 2.09. The number of hydrogen-bond acceptors (Lipinski definition) is 3. The van der Waals surface area contributed by atoms with E-state index < -0.39 is 0 Å². The van der Waals surface area contributed by atoms with Crippen LogP contribution in [0.2, 0.25) is 0 Å². The van der Waals surface area contributed by atoms with Gasteiger partial charge in [0.05, 0.1) is 19.6 Å². The Hall–Kier alpha value is -2.17. The minimum Gasteiger partial charge on any atom is -0.379 e. The highest BCUT2D eigenvalue weighted by atomic mass is 16.5. The topological polar surface area (TPSA) is 41.6 Å². The Balaban J connectivity index is 1.39. The molecule has 1 N–H and O–H groups in total. The maximum Gasteiger partial charge on any atom is 0.224 e. The van der Waals surface area contributed by atoms with Gasteiger partial charge in [0.2, 0.25) is 5.91 Å². The first kappa shape index (κ1) is 17.6. The van der Waals surface area contributed by atoms with Crippen molar-refractivity contribution in [3.8, 4) is 11.1 Å². The monoisotopic (exact) mass is 338 g/mol. The first-order valence-electron chi connectivity index (χ1n) is 9.02. The molecule has 1 saturated heterocycles. The van der Waals surface area contributed by atoms with E-state index in [0.717, 1.165) is 51.4 Å². The van der Waals surface area contributed by atoms with E-state index in [9.17, 15) is 4.79 Å². The smallest absolute Gasteiger partial charge is 0.224 e. The van der Waals surface area contributed by atoms with Crippen molar-refractivity contribution in [1.29, 1.82) is 0 Å². The molecular weight excluding hydrogens is 312 g/mol. The molecule has 4 nitrogen and oxygen atoms in total. The van der Waals surface area contributed by atoms with Gasteiger partial charge in [-0.15, -0.1) is 0 Å². The molecule has 3 rings (SSSR count). The Morgan fingerprint density at radius 3 is 2.36 bits per heavy atom. The van der Waals surface area contributed by atoms with Crippen LogP contribution in [0.15, 0.2) is 54.6 Å². The van der Waals surface area contributed by atoms with Crippen LogP contribution in [0, 0.1) is 0 Å². The van der Waals surface area contributed by atoms with Crippen LogP contribution in [0.4, 0.5) is 0 Å². The number of ether oxygens (including phenoxy) is 1. The molecule has 0 bridgehead atoms. The second-order valence-electron chi connectivity index (χ2n) is 6.40. The average Bonchev–Trinajstić information content (AvgIpc) is 2.67. The minimum atomic E-state index is 0.0921. The number of carbonyl (C=O) groups excluding carboxylic acids is 1. The molecule has 0 radical (unpaired) electrons. The maximum absolute atomic E-state index is 12.1. The summed E-state index contributed by atoms with van der Waals surface area (Å²) >= 11 is 0. The van der Waals surface area contributed by atoms with Crippen molar-refractivity contribution < 1.29 is 9.53 Å². The summed E-state index contributed by atoms with van der Waals surface area (Å²) in [7, 11) is 0. The molecule has 1 amide bonds. The summed E-state index contributed by atoms with van der Waals surface area (Å²) in [4.78, 5) is 14.5. The van der Waals surface area contributed by atoms with Crippen molar-refractivity contribution in [2.75, 3.05) is 39.4 Å². The van der Waals surface area contributed by atoms with Crippen molar-refractivity contribution >= 4 is 5.91 Å². The Bertz CT molecular complexity index is 649. The second-order valence-corrected chi connectivity index (χ2v) is 6.40. The zero-order valence-electron chi connectivity index (χ0n) is 14.6. The highest BCUT2D eigenvalue weighted by Crippen LogP contribution is 2.19. The fourth-order valence-electron chi connectivity index (χ4n) is 3.05. The molecular formula is C21H26N2O2. The molecule has 0 atom stereocenters. The number of benzene rings is 2. The fourth-order valence-corrected chi connectivity index (χ4v) is 3.05. The Labute approximate surface area is 149 Å². The number of carbonyl (C=O) groups is 1. The van der Waals surface area contributed by atoms with E-state index in [1.54, 1.807) is 0 Å². The van der Waals surface area contributed by atoms with Crippen LogP contribution in [0.25, 0.3) is 11.1 Å². The van der Waals surface area contributed by atoms with Crippen molar-refractivity contribution in [2.45, 2.75) is 12.8 Å². The van der Waals surface area contributed by atoms with E-state index in [1.165, 1.54) is 11.1 Å². The summed E-state index contributed by atoms with van der Waals surface area (Å²) in [6.45, 7) is 5.41. The average molecular weight is 338 g/mol. The Morgan fingerprint density at radius 1 is 0.960 bits per heavy atom. The largest absolute Gasteiger partial charge is 0.379 e. The van der Waals surface area contributed by atoms with Gasteiger partial charge in [0.25, 0.3) is 0 Å². The van der Waals surface area contributed by atoms with Gasteiger partial charge in [-0.1, -0.05) is 54.6 Å². The predicted molar refractivity (Wildman–Crippen MR) is 100 cm³/mol. The summed E-state index contributed by atoms with van der Waals surface area (Å²) in [6.07, 6.45) is 1.42. The third kappa shape index (κ3) is 5.69. The number of amides is 1. The maximum atomic E-state index is 12.1. The van der Waals surface area contributed by atoms with Crippen LogP contribution in [0.5, 0.6) is 0 Å². The molecule has 0 aliphatic carbocycles. The Kier molecular flexibility index (Phi) is 6.60. The molecule has 0 unspecified atom stereocenters. The number of morpholine rings is 1. The first-order chi connectivity index (χ1) is 12.3. The molecule has 2 aromatic carbocycles. The lowest BCUT2D eigenvalue weighted by molar-refractivity contribution is -0.120. The molecule has 0 spiro atoms. The lowest BCUT2D eigenvalue weighted by atomic mass is 10.0. The second kappa shape index (κ2) is 9.35. The summed E-state index contributed by atoms with van der Waals surface area (Å²) in [5, 5.41) is 3.02. The van der Waals surface area contributed by atoms with Gasteiger partial charge in [-0.2, -0.15) is 0 Å². The number of hydrogen-bond donors (Lipinski definition) is 1. The molecule has 132 valence electrons. The zero-order chi connectivity index (χ0) is 17.3. The van der Waals surface area contributed by atoms with Gasteiger partial charge in [0.1, 0.15) is 0 Å². The molecule has 25 heavy (non-hydrogen) atoms. The summed E-state index contributed by atoms with van der Waals surface area (Å²) in [5.41, 5.74) is 3.42. The van der Waals surface area contributed by atoms with Gasteiger partial charge in [0, 0.05) is 19.6 Å². The van der Waals surface area contributed by atoms with Crippen molar-refractivity contribution in [1.82, 2.24) is 10.2 Å². The lowest BCUT2D eigenvalue weighted by Gasteiger charge is -2.26. The van der Waals surface area contributed by atoms with Gasteiger partial charge >= 0.3 is 0 Å². The standard InChI is InChI=1S/C21H26N2O2/c24-21(22-11-4-12-23-13-15-25-16-14-23)17-18-7-9-20(10-8-18)19-5-2-1-3-6-19/h1-3,5-10H,4,11-17H2,(H,22,24). The highest BCUT2D eigenvalue weighted by molar-refractivity contribution is 5.78. The van der Waals surface area contributed by atoms with Crippen molar-refractivity contribution in [2.24, 2.45) is 0 Å². The molecule has 1 aliphatic heterocycles. The van der Waals surface area contributed by atoms with Crippen molar-refractivity contribution in [3.05, 3.63) is 60.2 Å². The molecule has 2 aromatic rings. The molecule has 4 heteroatoms. The van der Waals surface area contributed by atoms with Gasteiger partial charge < -0.3 is 10.1 Å². The molecule has 1 heterocycles. The quantitative estimate of drug-likeness (QED) is 0.789. The van der Waals surface area contributed by atoms with E-state index >= 15 is 0 Å². The third-order valence-electron chi connectivity index (χ3n) is 4.50. The van der Waals surface area contributed by atoms with Crippen LogP contribution in [0.3, 0.4) is 0 Å². The lowest BCUT2D eigenvalue weighted by Crippen LogP contribution is -2.38. The third-order valence-corrected chi connectivity index (χ3v) is 4.50. The van der Waals surface area contributed by atoms with Crippen LogP contribution in [-0.4, -0.2) is 50.2 Å². The zero-order valence-corrected chi connectivity index (χ0v) is 14.6. The summed E-state index contributed by atoms with van der Waals surface area (Å²) in [5.74, 6) is 0.0921. The van der Waals surface area contributed by atoms with Gasteiger partial charge in [-0.05, 0) is 29.7 Å². The van der Waals surface area contributed by atoms with Gasteiger partial charge in [0.15, 0.2) is 0 Å². The van der Waals surface area contributed by atoms with Crippen molar-refractivity contribution in [3.63, 3.8) is 0 Å². The number of rotatable bonds is 7. The SMILES string of the molecule is O=C(Cc1ccc(-c2ccccc2)cc1)NCCCN1CCOCC1. The van der Waals surface area contributed by atoms with E-state index in [-0.39, 0.29) is 5.91 Å². The summed E-state index contributed by atoms with van der Waals surface area (Å²) in [6, 6.07) is 18.5. The van der Waals surface area contributed by atoms with Gasteiger partial charge in [-0.3, -0.25) is 9.69 Å². The van der Waals surface area contributed by atoms with E-state index in [4.69, 9.17) is 4.74 Å². The van der Waals surface area contributed by atoms with Crippen LogP contribution in [-0.2, 0) is 16.0 Å². The van der Waals surface area contributed by atoms with E-state index in [0.29, 0.717) is 6.42 Å². The van der Waals surface area contributed by atoms with Crippen LogP contribution in [0.1, 0.15) is 12.0 Å². The predicted octanol–water partition coefficient (Wildman–Crippen LogP) is 2.73. The van der Waals surface area contributed by atoms with Crippen LogP contribution < -0.4 is 5.32 Å². The van der Waals surface area contributed by atoms with E-state index in [2.05, 4.69) is 34.5 Å². The number of nitrogens with one attached hydrogen (secondary N) is 1. The van der Waals surface area contributed by atoms with Gasteiger partial charge in [-0.25, -0.2) is 0 Å². The molecule has 0 aromatic heterocycles. The molecule has 1 aliphatic rings. The first-order valence-corrected chi connectivity index (χ1v) is 9.02. The van der Waals surface area contributed by atoms with Crippen LogP contribution >= 0.6 is 0 Å². The fraction of sp³-hybridized carbons (Fsp3) is 0.381. The summed E-state index contributed by atoms with van der Waals surface area (Å²) < 4.78 is 5.34. The van der Waals surface area contributed by atoms with E-state index in [1.807, 2.05) is 30.3 Å². The normalized spacial score (nSPS) is 15.0.